The fourth-order valence-electron chi connectivity index (χ4n) is 3.46. The molecule has 12 heteroatoms. The van der Waals surface area contributed by atoms with E-state index in [1.807, 2.05) is 25.3 Å². The van der Waals surface area contributed by atoms with Gasteiger partial charge in [-0.25, -0.2) is 0 Å². The maximum atomic E-state index is 12.9. The Balaban J connectivity index is 1.51. The van der Waals surface area contributed by atoms with Crippen molar-refractivity contribution in [2.45, 2.75) is 39.6 Å². The minimum atomic E-state index is -4.78. The molecular formula is C21H20F3N5O3S. The molecule has 0 aliphatic heterocycles. The zero-order valence-corrected chi connectivity index (χ0v) is 18.5. The molecule has 0 spiro atoms. The molecule has 174 valence electrons. The van der Waals surface area contributed by atoms with Crippen molar-refractivity contribution in [3.8, 4) is 5.75 Å². The summed E-state index contributed by atoms with van der Waals surface area (Å²) in [7, 11) is 0. The standard InChI is InChI=1S/C21H20F3N5O3S/c1-12(2)11-28-19(31)18-15(9-10-33-18)29-16(26-27-20(28)29)7-8-17(30)25-13-3-5-14(6-4-13)32-21(22,23)24/h3-6,9-10,12H,7-8,11H2,1-2H3,(H,25,30). The fourth-order valence-corrected chi connectivity index (χ4v) is 4.29. The number of halogens is 3. The number of aromatic nitrogens is 4. The Morgan fingerprint density at radius 2 is 1.91 bits per heavy atom. The number of thiophene rings is 1. The highest BCUT2D eigenvalue weighted by molar-refractivity contribution is 7.17. The lowest BCUT2D eigenvalue weighted by Gasteiger charge is -2.11. The van der Waals surface area contributed by atoms with Gasteiger partial charge in [-0.05, 0) is 41.6 Å². The van der Waals surface area contributed by atoms with Gasteiger partial charge in [-0.2, -0.15) is 0 Å². The van der Waals surface area contributed by atoms with Crippen LogP contribution in [0, 0.1) is 5.92 Å². The summed E-state index contributed by atoms with van der Waals surface area (Å²) in [6, 6.07) is 6.72. The van der Waals surface area contributed by atoms with E-state index in [1.54, 1.807) is 8.97 Å². The topological polar surface area (TPSA) is 90.5 Å². The fraction of sp³-hybridized carbons (Fsp3) is 0.333. The molecule has 1 aromatic carbocycles. The van der Waals surface area contributed by atoms with Gasteiger partial charge >= 0.3 is 6.36 Å². The molecule has 3 heterocycles. The number of alkyl halides is 3. The highest BCUT2D eigenvalue weighted by Gasteiger charge is 2.31. The molecule has 0 unspecified atom stereocenters. The van der Waals surface area contributed by atoms with E-state index < -0.39 is 6.36 Å². The van der Waals surface area contributed by atoms with Crippen molar-refractivity contribution in [1.29, 1.82) is 0 Å². The van der Waals surface area contributed by atoms with E-state index in [1.165, 1.54) is 23.5 Å². The lowest BCUT2D eigenvalue weighted by atomic mass is 10.2. The molecule has 33 heavy (non-hydrogen) atoms. The summed E-state index contributed by atoms with van der Waals surface area (Å²) in [4.78, 5) is 25.3. The molecule has 0 radical (unpaired) electrons. The number of hydrogen-bond acceptors (Lipinski definition) is 6. The molecule has 4 rings (SSSR count). The van der Waals surface area contributed by atoms with Crippen LogP contribution < -0.4 is 15.6 Å². The Hall–Kier alpha value is -3.41. The molecule has 3 aromatic heterocycles. The average Bonchev–Trinajstić information content (AvgIpc) is 3.36. The van der Waals surface area contributed by atoms with Crippen LogP contribution >= 0.6 is 11.3 Å². The Bertz CT molecular complexity index is 1360. The monoisotopic (exact) mass is 479 g/mol. The van der Waals surface area contributed by atoms with Crippen LogP contribution in [0.15, 0.2) is 40.5 Å². The summed E-state index contributed by atoms with van der Waals surface area (Å²) in [6.07, 6.45) is -4.45. The number of carbonyl (C=O) groups is 1. The first-order valence-corrected chi connectivity index (χ1v) is 11.0. The number of carbonyl (C=O) groups excluding carboxylic acids is 1. The third-order valence-electron chi connectivity index (χ3n) is 4.77. The molecule has 4 aromatic rings. The lowest BCUT2D eigenvalue weighted by Crippen LogP contribution is -2.24. The quantitative estimate of drug-likeness (QED) is 0.428. The second-order valence-corrected chi connectivity index (χ2v) is 8.73. The Labute approximate surface area is 189 Å². The van der Waals surface area contributed by atoms with Crippen LogP contribution in [0.1, 0.15) is 26.1 Å². The maximum absolute atomic E-state index is 12.9. The van der Waals surface area contributed by atoms with Crippen molar-refractivity contribution in [2.24, 2.45) is 5.92 Å². The van der Waals surface area contributed by atoms with Gasteiger partial charge in [0.25, 0.3) is 5.56 Å². The molecule has 1 amide bonds. The van der Waals surface area contributed by atoms with Gasteiger partial charge in [-0.15, -0.1) is 34.7 Å². The molecule has 0 aliphatic carbocycles. The Morgan fingerprint density at radius 3 is 2.58 bits per heavy atom. The SMILES string of the molecule is CC(C)Cn1c(=O)c2sccc2n2c(CCC(=O)Nc3ccc(OC(F)(F)F)cc3)nnc12. The van der Waals surface area contributed by atoms with E-state index in [9.17, 15) is 22.8 Å². The highest BCUT2D eigenvalue weighted by atomic mass is 32.1. The predicted molar refractivity (Wildman–Crippen MR) is 118 cm³/mol. The number of aryl methyl sites for hydroxylation is 1. The van der Waals surface area contributed by atoms with E-state index in [4.69, 9.17) is 0 Å². The summed E-state index contributed by atoms with van der Waals surface area (Å²) in [5.74, 6) is 0.476. The smallest absolute Gasteiger partial charge is 0.406 e. The third-order valence-corrected chi connectivity index (χ3v) is 5.67. The van der Waals surface area contributed by atoms with Gasteiger partial charge in [0, 0.05) is 25.1 Å². The molecule has 0 saturated carbocycles. The number of amides is 1. The number of fused-ring (bicyclic) bond motifs is 3. The van der Waals surface area contributed by atoms with Crippen LogP contribution in [0.25, 0.3) is 16.0 Å². The first-order chi connectivity index (χ1) is 15.6. The minimum absolute atomic E-state index is 0.0660. The first kappa shape index (κ1) is 22.8. The van der Waals surface area contributed by atoms with Crippen LogP contribution in [0.4, 0.5) is 18.9 Å². The lowest BCUT2D eigenvalue weighted by molar-refractivity contribution is -0.274. The third kappa shape index (κ3) is 5.00. The van der Waals surface area contributed by atoms with E-state index >= 15 is 0 Å². The van der Waals surface area contributed by atoms with Crippen molar-refractivity contribution in [1.82, 2.24) is 19.2 Å². The summed E-state index contributed by atoms with van der Waals surface area (Å²) in [5, 5.41) is 12.9. The number of anilines is 1. The molecule has 1 N–H and O–H groups in total. The zero-order valence-electron chi connectivity index (χ0n) is 17.7. The van der Waals surface area contributed by atoms with Crippen LogP contribution in [0.2, 0.25) is 0 Å². The zero-order chi connectivity index (χ0) is 23.8. The van der Waals surface area contributed by atoms with Gasteiger partial charge in [0.15, 0.2) is 0 Å². The van der Waals surface area contributed by atoms with Gasteiger partial charge in [-0.1, -0.05) is 13.8 Å². The number of rotatable bonds is 7. The molecule has 0 saturated heterocycles. The van der Waals surface area contributed by atoms with Crippen molar-refractivity contribution >= 4 is 38.9 Å². The number of nitrogens with zero attached hydrogens (tertiary/aromatic N) is 4. The second kappa shape index (κ2) is 8.85. The van der Waals surface area contributed by atoms with Crippen molar-refractivity contribution in [2.75, 3.05) is 5.32 Å². The molecule has 0 atom stereocenters. The van der Waals surface area contributed by atoms with Gasteiger partial charge in [0.05, 0.1) is 5.52 Å². The summed E-state index contributed by atoms with van der Waals surface area (Å²) < 4.78 is 44.6. The van der Waals surface area contributed by atoms with Gasteiger partial charge < -0.3 is 10.1 Å². The van der Waals surface area contributed by atoms with Crippen molar-refractivity contribution in [3.63, 3.8) is 0 Å². The van der Waals surface area contributed by atoms with Crippen molar-refractivity contribution < 1.29 is 22.7 Å². The van der Waals surface area contributed by atoms with E-state index in [-0.39, 0.29) is 36.0 Å². The molecule has 8 nitrogen and oxygen atoms in total. The normalized spacial score (nSPS) is 12.1. The number of hydrogen-bond donors (Lipinski definition) is 1. The van der Waals surface area contributed by atoms with Crippen LogP contribution in [-0.2, 0) is 17.8 Å². The Morgan fingerprint density at radius 1 is 1.18 bits per heavy atom. The van der Waals surface area contributed by atoms with Crippen molar-refractivity contribution in [3.05, 3.63) is 51.9 Å². The molecule has 0 fully saturated rings. The molecule has 0 bridgehead atoms. The number of benzene rings is 1. The van der Waals surface area contributed by atoms with E-state index in [0.717, 1.165) is 12.1 Å². The summed E-state index contributed by atoms with van der Waals surface area (Å²) in [5.41, 5.74) is 0.920. The van der Waals surface area contributed by atoms with E-state index in [0.29, 0.717) is 34.1 Å². The van der Waals surface area contributed by atoms with Crippen LogP contribution in [0.3, 0.4) is 0 Å². The predicted octanol–water partition coefficient (Wildman–Crippen LogP) is 4.23. The van der Waals surface area contributed by atoms with Gasteiger partial charge in [0.1, 0.15) is 16.3 Å². The van der Waals surface area contributed by atoms with Crippen LogP contribution in [-0.4, -0.2) is 31.4 Å². The summed E-state index contributed by atoms with van der Waals surface area (Å²) in [6.45, 7) is 4.50. The Kier molecular flexibility index (Phi) is 6.11. The van der Waals surface area contributed by atoms with E-state index in [2.05, 4.69) is 20.3 Å². The minimum Gasteiger partial charge on any atom is -0.406 e. The first-order valence-electron chi connectivity index (χ1n) is 10.1. The maximum Gasteiger partial charge on any atom is 0.573 e. The summed E-state index contributed by atoms with van der Waals surface area (Å²) >= 11 is 1.34. The number of nitrogens with one attached hydrogen (secondary N) is 1. The molecule has 0 aliphatic rings. The van der Waals surface area contributed by atoms with Gasteiger partial charge in [0.2, 0.25) is 11.7 Å². The largest absolute Gasteiger partial charge is 0.573 e. The highest BCUT2D eigenvalue weighted by Crippen LogP contribution is 2.24. The molecular weight excluding hydrogens is 459 g/mol. The average molecular weight is 479 g/mol. The second-order valence-electron chi connectivity index (χ2n) is 7.82. The van der Waals surface area contributed by atoms with Crippen LogP contribution in [0.5, 0.6) is 5.75 Å². The number of ether oxygens (including phenoxy) is 1. The van der Waals surface area contributed by atoms with Gasteiger partial charge in [-0.3, -0.25) is 18.6 Å².